The number of halogens is 1. The SMILES string of the molecule is O=C(CNC(=O)c1ccco1)NCC(=O)O[C@@H](C(=O)c1ccccc1)c1ccc(Cl)cc1. The van der Waals surface area contributed by atoms with Crippen LogP contribution in [0.25, 0.3) is 0 Å². The van der Waals surface area contributed by atoms with Gasteiger partial charge in [0, 0.05) is 16.1 Å². The molecule has 0 fully saturated rings. The zero-order valence-corrected chi connectivity index (χ0v) is 17.5. The summed E-state index contributed by atoms with van der Waals surface area (Å²) in [6, 6.07) is 17.7. The zero-order valence-electron chi connectivity index (χ0n) is 16.7. The highest BCUT2D eigenvalue weighted by atomic mass is 35.5. The summed E-state index contributed by atoms with van der Waals surface area (Å²) in [7, 11) is 0. The van der Waals surface area contributed by atoms with E-state index in [0.717, 1.165) is 0 Å². The molecule has 8 nitrogen and oxygen atoms in total. The van der Waals surface area contributed by atoms with Gasteiger partial charge in [0.15, 0.2) is 11.9 Å². The number of hydrogen-bond acceptors (Lipinski definition) is 6. The van der Waals surface area contributed by atoms with Crippen molar-refractivity contribution in [1.82, 2.24) is 10.6 Å². The zero-order chi connectivity index (χ0) is 22.9. The van der Waals surface area contributed by atoms with Gasteiger partial charge in [-0.2, -0.15) is 0 Å². The van der Waals surface area contributed by atoms with Gasteiger partial charge in [0.25, 0.3) is 5.91 Å². The molecule has 2 amide bonds. The van der Waals surface area contributed by atoms with Gasteiger partial charge in [0.05, 0.1) is 12.8 Å². The molecule has 0 saturated carbocycles. The van der Waals surface area contributed by atoms with Crippen LogP contribution in [0, 0.1) is 0 Å². The van der Waals surface area contributed by atoms with E-state index in [1.807, 2.05) is 0 Å². The molecule has 0 spiro atoms. The Labute approximate surface area is 188 Å². The molecule has 0 unspecified atom stereocenters. The summed E-state index contributed by atoms with van der Waals surface area (Å²) < 4.78 is 10.3. The topological polar surface area (TPSA) is 115 Å². The second-order valence-electron chi connectivity index (χ2n) is 6.59. The van der Waals surface area contributed by atoms with Crippen LogP contribution in [-0.4, -0.2) is 36.7 Å². The third-order valence-corrected chi connectivity index (χ3v) is 4.55. The molecule has 1 atom stereocenters. The highest BCUT2D eigenvalue weighted by molar-refractivity contribution is 6.30. The van der Waals surface area contributed by atoms with E-state index in [4.69, 9.17) is 20.8 Å². The van der Waals surface area contributed by atoms with E-state index in [1.165, 1.54) is 12.3 Å². The van der Waals surface area contributed by atoms with Crippen molar-refractivity contribution in [1.29, 1.82) is 0 Å². The van der Waals surface area contributed by atoms with Crippen molar-refractivity contribution in [2.45, 2.75) is 6.10 Å². The highest BCUT2D eigenvalue weighted by Crippen LogP contribution is 2.24. The van der Waals surface area contributed by atoms with Crippen LogP contribution in [-0.2, 0) is 14.3 Å². The number of furan rings is 1. The fourth-order valence-corrected chi connectivity index (χ4v) is 2.85. The summed E-state index contributed by atoms with van der Waals surface area (Å²) >= 11 is 5.91. The maximum absolute atomic E-state index is 12.9. The maximum Gasteiger partial charge on any atom is 0.326 e. The highest BCUT2D eigenvalue weighted by Gasteiger charge is 2.26. The van der Waals surface area contributed by atoms with E-state index in [2.05, 4.69) is 10.6 Å². The smallest absolute Gasteiger partial charge is 0.326 e. The van der Waals surface area contributed by atoms with Crippen molar-refractivity contribution < 1.29 is 28.3 Å². The van der Waals surface area contributed by atoms with Gasteiger partial charge in [-0.3, -0.25) is 19.2 Å². The van der Waals surface area contributed by atoms with Crippen molar-refractivity contribution in [3.05, 3.63) is 94.9 Å². The number of nitrogens with one attached hydrogen (secondary N) is 2. The number of benzene rings is 2. The quantitative estimate of drug-likeness (QED) is 0.379. The minimum Gasteiger partial charge on any atom is -0.459 e. The van der Waals surface area contributed by atoms with Crippen LogP contribution >= 0.6 is 11.6 Å². The van der Waals surface area contributed by atoms with Crippen LogP contribution in [0.4, 0.5) is 0 Å². The molecule has 0 aliphatic carbocycles. The number of carbonyl (C=O) groups is 4. The van der Waals surface area contributed by atoms with E-state index >= 15 is 0 Å². The molecular weight excluding hydrogens is 436 g/mol. The van der Waals surface area contributed by atoms with Crippen molar-refractivity contribution in [3.63, 3.8) is 0 Å². The third-order valence-electron chi connectivity index (χ3n) is 4.30. The Hall–Kier alpha value is -3.91. The Morgan fingerprint density at radius 1 is 0.875 bits per heavy atom. The third kappa shape index (κ3) is 6.29. The van der Waals surface area contributed by atoms with Gasteiger partial charge in [-0.05, 0) is 24.3 Å². The first-order chi connectivity index (χ1) is 15.4. The van der Waals surface area contributed by atoms with E-state index in [-0.39, 0.29) is 12.3 Å². The summed E-state index contributed by atoms with van der Waals surface area (Å²) in [5.41, 5.74) is 0.804. The van der Waals surface area contributed by atoms with Crippen LogP contribution in [0.15, 0.2) is 77.4 Å². The second kappa shape index (κ2) is 10.9. The van der Waals surface area contributed by atoms with Crippen molar-refractivity contribution in [3.8, 4) is 0 Å². The lowest BCUT2D eigenvalue weighted by Crippen LogP contribution is -2.39. The average Bonchev–Trinajstić information content (AvgIpc) is 3.35. The molecule has 0 radical (unpaired) electrons. The van der Waals surface area contributed by atoms with Gasteiger partial charge >= 0.3 is 5.97 Å². The number of hydrogen-bond donors (Lipinski definition) is 2. The van der Waals surface area contributed by atoms with Crippen LogP contribution in [0.3, 0.4) is 0 Å². The summed E-state index contributed by atoms with van der Waals surface area (Å²) in [5.74, 6) is -2.36. The molecule has 3 aromatic rings. The van der Waals surface area contributed by atoms with Crippen molar-refractivity contribution in [2.24, 2.45) is 0 Å². The summed E-state index contributed by atoms with van der Waals surface area (Å²) in [6.45, 7) is -0.849. The first-order valence-corrected chi connectivity index (χ1v) is 9.94. The molecule has 2 aromatic carbocycles. The van der Waals surface area contributed by atoms with E-state index in [0.29, 0.717) is 16.1 Å². The number of Topliss-reactive ketones (excluding diaryl/α,β-unsaturated/α-hetero) is 1. The number of esters is 1. The first kappa shape index (κ1) is 22.8. The number of ketones is 1. The van der Waals surface area contributed by atoms with Crippen LogP contribution in [0.2, 0.25) is 5.02 Å². The molecule has 3 rings (SSSR count). The molecular formula is C23H19ClN2O6. The van der Waals surface area contributed by atoms with Gasteiger partial charge in [0.2, 0.25) is 11.7 Å². The first-order valence-electron chi connectivity index (χ1n) is 9.56. The largest absolute Gasteiger partial charge is 0.459 e. The summed E-state index contributed by atoms with van der Waals surface area (Å²) in [4.78, 5) is 49.0. The van der Waals surface area contributed by atoms with Crippen LogP contribution < -0.4 is 10.6 Å². The Kier molecular flexibility index (Phi) is 7.77. The molecule has 2 N–H and O–H groups in total. The van der Waals surface area contributed by atoms with Crippen LogP contribution in [0.1, 0.15) is 32.6 Å². The Balaban J connectivity index is 1.58. The number of carbonyl (C=O) groups excluding carboxylic acids is 4. The normalized spacial score (nSPS) is 11.3. The van der Waals surface area contributed by atoms with Gasteiger partial charge in [0.1, 0.15) is 6.54 Å². The van der Waals surface area contributed by atoms with Crippen LogP contribution in [0.5, 0.6) is 0 Å². The van der Waals surface area contributed by atoms with Gasteiger partial charge in [-0.1, -0.05) is 54.1 Å². The molecule has 1 aromatic heterocycles. The minimum absolute atomic E-state index is 0.0578. The molecule has 0 aliphatic rings. The number of amides is 2. The molecule has 9 heteroatoms. The molecule has 32 heavy (non-hydrogen) atoms. The maximum atomic E-state index is 12.9. The van der Waals surface area contributed by atoms with E-state index < -0.39 is 36.2 Å². The van der Waals surface area contributed by atoms with Gasteiger partial charge in [-0.25, -0.2) is 0 Å². The lowest BCUT2D eigenvalue weighted by Gasteiger charge is -2.18. The van der Waals surface area contributed by atoms with Gasteiger partial charge in [-0.15, -0.1) is 0 Å². The standard InChI is InChI=1S/C23H19ClN2O6/c24-17-10-8-16(9-11-17)22(21(29)15-5-2-1-3-6-15)32-20(28)14-25-19(27)13-26-23(30)18-7-4-12-31-18/h1-12,22H,13-14H2,(H,25,27)(H,26,30)/t22-/m1/s1. The monoisotopic (exact) mass is 454 g/mol. The van der Waals surface area contributed by atoms with E-state index in [9.17, 15) is 19.2 Å². The van der Waals surface area contributed by atoms with Crippen molar-refractivity contribution >= 4 is 35.2 Å². The van der Waals surface area contributed by atoms with E-state index in [1.54, 1.807) is 60.7 Å². The molecule has 0 saturated heterocycles. The predicted octanol–water partition coefficient (Wildman–Crippen LogP) is 2.95. The van der Waals surface area contributed by atoms with Crippen molar-refractivity contribution in [2.75, 3.05) is 13.1 Å². The lowest BCUT2D eigenvalue weighted by molar-refractivity contribution is -0.147. The number of ether oxygens (including phenoxy) is 1. The summed E-state index contributed by atoms with van der Waals surface area (Å²) in [5, 5.41) is 5.16. The second-order valence-corrected chi connectivity index (χ2v) is 7.02. The molecule has 0 bridgehead atoms. The fourth-order valence-electron chi connectivity index (χ4n) is 2.73. The minimum atomic E-state index is -1.21. The Morgan fingerprint density at radius 3 is 2.25 bits per heavy atom. The average molecular weight is 455 g/mol. The predicted molar refractivity (Wildman–Crippen MR) is 115 cm³/mol. The Morgan fingerprint density at radius 2 is 1.59 bits per heavy atom. The van der Waals surface area contributed by atoms with Gasteiger partial charge < -0.3 is 19.8 Å². The Bertz CT molecular complexity index is 1080. The lowest BCUT2D eigenvalue weighted by atomic mass is 10.00. The fraction of sp³-hybridized carbons (Fsp3) is 0.130. The molecule has 0 aliphatic heterocycles. The number of rotatable bonds is 9. The molecule has 164 valence electrons. The summed E-state index contributed by atoms with van der Waals surface area (Å²) in [6.07, 6.45) is 0.122. The molecule has 1 heterocycles.